The van der Waals surface area contributed by atoms with Crippen LogP contribution >= 0.6 is 11.6 Å². The summed E-state index contributed by atoms with van der Waals surface area (Å²) in [7, 11) is 0. The van der Waals surface area contributed by atoms with Gasteiger partial charge < -0.3 is 10.2 Å². The SMILES string of the molecule is Cc1cc(N)ccc1-c1nc2cc(Cl)ccc2o1. The van der Waals surface area contributed by atoms with Crippen molar-refractivity contribution in [3.05, 3.63) is 47.0 Å². The predicted molar refractivity (Wildman–Crippen MR) is 73.6 cm³/mol. The third-order valence-electron chi connectivity index (χ3n) is 2.83. The third kappa shape index (κ3) is 1.83. The number of aryl methyl sites for hydroxylation is 1. The Morgan fingerprint density at radius 2 is 2.00 bits per heavy atom. The van der Waals surface area contributed by atoms with E-state index in [2.05, 4.69) is 4.98 Å². The molecule has 18 heavy (non-hydrogen) atoms. The maximum absolute atomic E-state index is 5.93. The molecule has 0 aliphatic carbocycles. The van der Waals surface area contributed by atoms with Crippen molar-refractivity contribution in [2.75, 3.05) is 5.73 Å². The molecular weight excluding hydrogens is 248 g/mol. The van der Waals surface area contributed by atoms with Gasteiger partial charge in [0.25, 0.3) is 0 Å². The number of oxazole rings is 1. The summed E-state index contributed by atoms with van der Waals surface area (Å²) in [5.74, 6) is 0.588. The van der Waals surface area contributed by atoms with Crippen LogP contribution in [0.5, 0.6) is 0 Å². The van der Waals surface area contributed by atoms with Crippen LogP contribution in [0.4, 0.5) is 5.69 Å². The number of hydrogen-bond donors (Lipinski definition) is 1. The Morgan fingerprint density at radius 3 is 2.78 bits per heavy atom. The van der Waals surface area contributed by atoms with Crippen LogP contribution in [0.25, 0.3) is 22.6 Å². The summed E-state index contributed by atoms with van der Waals surface area (Å²) in [5, 5.41) is 0.649. The van der Waals surface area contributed by atoms with Gasteiger partial charge in [-0.3, -0.25) is 0 Å². The zero-order valence-corrected chi connectivity index (χ0v) is 10.5. The summed E-state index contributed by atoms with van der Waals surface area (Å²) in [6.07, 6.45) is 0. The minimum absolute atomic E-state index is 0.588. The Labute approximate surface area is 109 Å². The zero-order valence-electron chi connectivity index (χ0n) is 9.77. The molecule has 0 unspecified atom stereocenters. The minimum atomic E-state index is 0.588. The van der Waals surface area contributed by atoms with Gasteiger partial charge in [0.05, 0.1) is 0 Å². The van der Waals surface area contributed by atoms with Gasteiger partial charge in [-0.1, -0.05) is 11.6 Å². The van der Waals surface area contributed by atoms with E-state index in [0.29, 0.717) is 10.9 Å². The third-order valence-corrected chi connectivity index (χ3v) is 3.07. The normalized spacial score (nSPS) is 11.0. The van der Waals surface area contributed by atoms with Crippen molar-refractivity contribution in [3.8, 4) is 11.5 Å². The summed E-state index contributed by atoms with van der Waals surface area (Å²) < 4.78 is 5.72. The van der Waals surface area contributed by atoms with Crippen LogP contribution in [0.1, 0.15) is 5.56 Å². The number of nitrogens with zero attached hydrogens (tertiary/aromatic N) is 1. The number of hydrogen-bond acceptors (Lipinski definition) is 3. The Kier molecular flexibility index (Phi) is 2.49. The molecule has 1 aromatic heterocycles. The molecule has 0 aliphatic rings. The summed E-state index contributed by atoms with van der Waals surface area (Å²) in [6, 6.07) is 11.0. The number of benzene rings is 2. The fourth-order valence-electron chi connectivity index (χ4n) is 1.94. The second-order valence-electron chi connectivity index (χ2n) is 4.21. The quantitative estimate of drug-likeness (QED) is 0.670. The first-order valence-electron chi connectivity index (χ1n) is 5.56. The average molecular weight is 259 g/mol. The first kappa shape index (κ1) is 11.1. The second kappa shape index (κ2) is 4.03. The van der Waals surface area contributed by atoms with Gasteiger partial charge in [-0.05, 0) is 48.9 Å². The lowest BCUT2D eigenvalue weighted by atomic mass is 10.1. The molecule has 1 heterocycles. The van der Waals surface area contributed by atoms with Gasteiger partial charge in [-0.25, -0.2) is 4.98 Å². The Bertz CT molecular complexity index is 734. The molecule has 0 atom stereocenters. The highest BCUT2D eigenvalue weighted by atomic mass is 35.5. The van der Waals surface area contributed by atoms with Crippen LogP contribution in [-0.2, 0) is 0 Å². The van der Waals surface area contributed by atoms with Gasteiger partial charge in [-0.2, -0.15) is 0 Å². The van der Waals surface area contributed by atoms with Crippen molar-refractivity contribution in [1.82, 2.24) is 4.98 Å². The summed E-state index contributed by atoms with van der Waals surface area (Å²) in [6.45, 7) is 1.98. The van der Waals surface area contributed by atoms with Crippen LogP contribution in [-0.4, -0.2) is 4.98 Å². The lowest BCUT2D eigenvalue weighted by molar-refractivity contribution is 0.619. The van der Waals surface area contributed by atoms with E-state index in [4.69, 9.17) is 21.8 Å². The van der Waals surface area contributed by atoms with Gasteiger partial charge in [0, 0.05) is 16.3 Å². The first-order chi connectivity index (χ1) is 8.63. The van der Waals surface area contributed by atoms with E-state index >= 15 is 0 Å². The molecule has 3 aromatic rings. The molecule has 3 rings (SSSR count). The van der Waals surface area contributed by atoms with Crippen molar-refractivity contribution in [3.63, 3.8) is 0 Å². The van der Waals surface area contributed by atoms with Gasteiger partial charge in [-0.15, -0.1) is 0 Å². The van der Waals surface area contributed by atoms with Crippen molar-refractivity contribution < 1.29 is 4.42 Å². The fraction of sp³-hybridized carbons (Fsp3) is 0.0714. The van der Waals surface area contributed by atoms with Gasteiger partial charge in [0.1, 0.15) is 5.52 Å². The molecule has 3 nitrogen and oxygen atoms in total. The molecular formula is C14H11ClN2O. The zero-order chi connectivity index (χ0) is 12.7. The van der Waals surface area contributed by atoms with Crippen molar-refractivity contribution in [1.29, 1.82) is 0 Å². The highest BCUT2D eigenvalue weighted by Crippen LogP contribution is 2.28. The number of nitrogens with two attached hydrogens (primary N) is 1. The van der Waals surface area contributed by atoms with E-state index in [1.807, 2.05) is 31.2 Å². The van der Waals surface area contributed by atoms with E-state index in [9.17, 15) is 0 Å². The van der Waals surface area contributed by atoms with Crippen LogP contribution in [0.3, 0.4) is 0 Å². The lowest BCUT2D eigenvalue weighted by Gasteiger charge is -2.01. The monoisotopic (exact) mass is 258 g/mol. The highest BCUT2D eigenvalue weighted by molar-refractivity contribution is 6.31. The average Bonchev–Trinajstić information content (AvgIpc) is 2.71. The largest absolute Gasteiger partial charge is 0.436 e. The standard InChI is InChI=1S/C14H11ClN2O/c1-8-6-10(16)3-4-11(8)14-17-12-7-9(15)2-5-13(12)18-14/h2-7H,16H2,1H3. The van der Waals surface area contributed by atoms with Crippen LogP contribution < -0.4 is 5.73 Å². The van der Waals surface area contributed by atoms with Crippen LogP contribution in [0, 0.1) is 6.92 Å². The molecule has 0 radical (unpaired) electrons. The second-order valence-corrected chi connectivity index (χ2v) is 4.64. The molecule has 0 amide bonds. The molecule has 0 spiro atoms. The molecule has 0 fully saturated rings. The van der Waals surface area contributed by atoms with E-state index in [0.717, 1.165) is 27.9 Å². The highest BCUT2D eigenvalue weighted by Gasteiger charge is 2.10. The van der Waals surface area contributed by atoms with E-state index in [1.54, 1.807) is 12.1 Å². The number of halogens is 1. The van der Waals surface area contributed by atoms with Crippen molar-refractivity contribution in [2.24, 2.45) is 0 Å². The van der Waals surface area contributed by atoms with Crippen LogP contribution in [0.2, 0.25) is 5.02 Å². The van der Waals surface area contributed by atoms with E-state index in [-0.39, 0.29) is 0 Å². The fourth-order valence-corrected chi connectivity index (χ4v) is 2.11. The molecule has 2 aromatic carbocycles. The van der Waals surface area contributed by atoms with Crippen molar-refractivity contribution >= 4 is 28.4 Å². The van der Waals surface area contributed by atoms with Gasteiger partial charge in [0.2, 0.25) is 5.89 Å². The predicted octanol–water partition coefficient (Wildman–Crippen LogP) is 4.04. The van der Waals surface area contributed by atoms with Gasteiger partial charge in [0.15, 0.2) is 5.58 Å². The van der Waals surface area contributed by atoms with E-state index < -0.39 is 0 Å². The smallest absolute Gasteiger partial charge is 0.227 e. The molecule has 0 saturated heterocycles. The molecule has 0 aliphatic heterocycles. The summed E-state index contributed by atoms with van der Waals surface area (Å²) >= 11 is 5.93. The molecule has 2 N–H and O–H groups in total. The van der Waals surface area contributed by atoms with E-state index in [1.165, 1.54) is 0 Å². The molecule has 90 valence electrons. The number of nitrogen functional groups attached to an aromatic ring is 1. The topological polar surface area (TPSA) is 52.0 Å². The number of aromatic nitrogens is 1. The minimum Gasteiger partial charge on any atom is -0.436 e. The molecule has 4 heteroatoms. The number of anilines is 1. The maximum Gasteiger partial charge on any atom is 0.227 e. The maximum atomic E-state index is 5.93. The van der Waals surface area contributed by atoms with Gasteiger partial charge >= 0.3 is 0 Å². The Balaban J connectivity index is 2.19. The Morgan fingerprint density at radius 1 is 1.17 bits per heavy atom. The first-order valence-corrected chi connectivity index (χ1v) is 5.94. The molecule has 0 saturated carbocycles. The van der Waals surface area contributed by atoms with Crippen LogP contribution in [0.15, 0.2) is 40.8 Å². The number of rotatable bonds is 1. The summed E-state index contributed by atoms with van der Waals surface area (Å²) in [5.41, 5.74) is 9.93. The number of fused-ring (bicyclic) bond motifs is 1. The lowest BCUT2D eigenvalue weighted by Crippen LogP contribution is -1.88. The Hall–Kier alpha value is -2.00. The summed E-state index contributed by atoms with van der Waals surface area (Å²) in [4.78, 5) is 4.44. The molecule has 0 bridgehead atoms. The van der Waals surface area contributed by atoms with Crippen molar-refractivity contribution in [2.45, 2.75) is 6.92 Å².